The maximum absolute atomic E-state index is 13.1. The molecule has 1 amide bonds. The molecule has 0 aromatic heterocycles. The summed E-state index contributed by atoms with van der Waals surface area (Å²) in [7, 11) is 0. The quantitative estimate of drug-likeness (QED) is 0.276. The molecule has 1 aliphatic rings. The lowest BCUT2D eigenvalue weighted by atomic mass is 9.95. The van der Waals surface area contributed by atoms with Gasteiger partial charge in [-0.2, -0.15) is 0 Å². The number of nitrogens with zero attached hydrogens (tertiary/aromatic N) is 1. The summed E-state index contributed by atoms with van der Waals surface area (Å²) < 4.78 is 0.795. The first-order chi connectivity index (χ1) is 15.3. The molecule has 0 aliphatic carbocycles. The predicted molar refractivity (Wildman–Crippen MR) is 124 cm³/mol. The van der Waals surface area contributed by atoms with Gasteiger partial charge >= 0.3 is 5.97 Å². The lowest BCUT2D eigenvalue weighted by Crippen LogP contribution is -2.29. The molecule has 8 heteroatoms. The Balaban J connectivity index is 1.94. The van der Waals surface area contributed by atoms with E-state index < -0.39 is 23.7 Å². The van der Waals surface area contributed by atoms with Gasteiger partial charge in [0.05, 0.1) is 17.2 Å². The summed E-state index contributed by atoms with van der Waals surface area (Å²) in [5, 5.41) is 20.8. The minimum atomic E-state index is -1.16. The summed E-state index contributed by atoms with van der Waals surface area (Å²) in [4.78, 5) is 38.8. The van der Waals surface area contributed by atoms with E-state index in [-0.39, 0.29) is 22.6 Å². The number of hydrogen-bond donors (Lipinski definition) is 2. The summed E-state index contributed by atoms with van der Waals surface area (Å²) in [5.74, 6) is -3.24. The third-order valence-electron chi connectivity index (χ3n) is 5.12. The Morgan fingerprint density at radius 1 is 0.906 bits per heavy atom. The number of carbonyl (C=O) groups is 3. The zero-order chi connectivity index (χ0) is 23.0. The van der Waals surface area contributed by atoms with Gasteiger partial charge in [-0.15, -0.1) is 0 Å². The first kappa shape index (κ1) is 21.8. The van der Waals surface area contributed by atoms with Crippen LogP contribution in [0, 0.1) is 0 Å². The van der Waals surface area contributed by atoms with Crippen molar-refractivity contribution in [2.24, 2.45) is 0 Å². The van der Waals surface area contributed by atoms with Gasteiger partial charge in [0.25, 0.3) is 11.7 Å². The van der Waals surface area contributed by atoms with Crippen molar-refractivity contribution in [3.8, 4) is 0 Å². The van der Waals surface area contributed by atoms with Gasteiger partial charge in [-0.3, -0.25) is 14.5 Å². The number of Topliss-reactive ketones (excluding diaryl/α,β-unsaturated/α-hetero) is 1. The Kier molecular flexibility index (Phi) is 5.86. The number of ketones is 1. The van der Waals surface area contributed by atoms with Gasteiger partial charge in [0.1, 0.15) is 5.76 Å². The number of halogens is 2. The van der Waals surface area contributed by atoms with Crippen LogP contribution in [0.5, 0.6) is 0 Å². The largest absolute Gasteiger partial charge is 0.507 e. The summed E-state index contributed by atoms with van der Waals surface area (Å²) >= 11 is 9.30. The highest BCUT2D eigenvalue weighted by Gasteiger charge is 2.47. The Morgan fingerprint density at radius 2 is 1.56 bits per heavy atom. The minimum absolute atomic E-state index is 0.0309. The summed E-state index contributed by atoms with van der Waals surface area (Å²) in [6.07, 6.45) is 0. The van der Waals surface area contributed by atoms with Crippen LogP contribution in [-0.2, 0) is 9.59 Å². The molecule has 0 spiro atoms. The molecule has 1 heterocycles. The van der Waals surface area contributed by atoms with E-state index in [1.807, 2.05) is 0 Å². The first-order valence-electron chi connectivity index (χ1n) is 9.43. The van der Waals surface area contributed by atoms with Gasteiger partial charge in [0, 0.05) is 20.7 Å². The average Bonchev–Trinajstić information content (AvgIpc) is 3.05. The number of benzene rings is 3. The van der Waals surface area contributed by atoms with Gasteiger partial charge in [0.2, 0.25) is 0 Å². The number of rotatable bonds is 4. The minimum Gasteiger partial charge on any atom is -0.507 e. The number of anilines is 1. The second kappa shape index (κ2) is 8.61. The Hall–Kier alpha value is -3.42. The number of aliphatic hydroxyl groups excluding tert-OH is 1. The van der Waals surface area contributed by atoms with Crippen molar-refractivity contribution in [2.75, 3.05) is 4.90 Å². The summed E-state index contributed by atoms with van der Waals surface area (Å²) in [6.45, 7) is 0. The average molecular weight is 513 g/mol. The number of aromatic carboxylic acids is 1. The number of carboxylic acids is 1. The van der Waals surface area contributed by atoms with Crippen LogP contribution in [0.3, 0.4) is 0 Å². The molecule has 32 heavy (non-hydrogen) atoms. The molecule has 0 unspecified atom stereocenters. The highest BCUT2D eigenvalue weighted by atomic mass is 79.9. The van der Waals surface area contributed by atoms with E-state index in [1.165, 1.54) is 23.1 Å². The first-order valence-corrected chi connectivity index (χ1v) is 10.6. The third-order valence-corrected chi connectivity index (χ3v) is 5.90. The molecule has 1 fully saturated rings. The maximum atomic E-state index is 13.1. The second-order valence-corrected chi connectivity index (χ2v) is 8.44. The lowest BCUT2D eigenvalue weighted by molar-refractivity contribution is -0.132. The summed E-state index contributed by atoms with van der Waals surface area (Å²) in [5.41, 5.74) is 1.00. The fourth-order valence-corrected chi connectivity index (χ4v) is 4.00. The maximum Gasteiger partial charge on any atom is 0.335 e. The second-order valence-electron chi connectivity index (χ2n) is 7.08. The normalized spacial score (nSPS) is 17.6. The molecule has 0 saturated carbocycles. The molecule has 0 radical (unpaired) electrons. The zero-order valence-electron chi connectivity index (χ0n) is 16.3. The van der Waals surface area contributed by atoms with Crippen molar-refractivity contribution in [3.63, 3.8) is 0 Å². The van der Waals surface area contributed by atoms with Gasteiger partial charge in [0.15, 0.2) is 0 Å². The smallest absolute Gasteiger partial charge is 0.335 e. The van der Waals surface area contributed by atoms with Gasteiger partial charge in [-0.1, -0.05) is 45.7 Å². The fourth-order valence-electron chi connectivity index (χ4n) is 3.61. The van der Waals surface area contributed by atoms with Crippen LogP contribution in [0.1, 0.15) is 27.5 Å². The fraction of sp³-hybridized carbons (Fsp3) is 0.0417. The van der Waals surface area contributed by atoms with Crippen LogP contribution in [0.2, 0.25) is 5.02 Å². The molecule has 160 valence electrons. The van der Waals surface area contributed by atoms with E-state index in [9.17, 15) is 24.6 Å². The van der Waals surface area contributed by atoms with Crippen LogP contribution >= 0.6 is 27.5 Å². The Labute approximate surface area is 196 Å². The number of hydrogen-bond acceptors (Lipinski definition) is 4. The number of aliphatic hydroxyl groups is 1. The molecule has 0 bridgehead atoms. The number of carbonyl (C=O) groups excluding carboxylic acids is 2. The van der Waals surface area contributed by atoms with E-state index in [0.717, 1.165) is 4.47 Å². The standard InChI is InChI=1S/C24H15BrClNO5/c25-16-8-4-13(5-9-16)20-19(21(28)14-6-10-17(26)11-7-14)22(29)23(30)27(20)18-3-1-2-15(12-18)24(31)32/h1-12,20,28H,(H,31,32)/b21-19+/t20-/m1/s1. The molecule has 1 saturated heterocycles. The number of amides is 1. The molecule has 4 rings (SSSR count). The van der Waals surface area contributed by atoms with Gasteiger partial charge < -0.3 is 10.2 Å². The van der Waals surface area contributed by atoms with E-state index in [0.29, 0.717) is 16.1 Å². The van der Waals surface area contributed by atoms with E-state index in [1.54, 1.807) is 54.6 Å². The van der Waals surface area contributed by atoms with Crippen molar-refractivity contribution >= 4 is 56.6 Å². The topological polar surface area (TPSA) is 94.9 Å². The highest BCUT2D eigenvalue weighted by molar-refractivity contribution is 9.10. The summed E-state index contributed by atoms with van der Waals surface area (Å²) in [6, 6.07) is 18.0. The third kappa shape index (κ3) is 3.92. The molecular formula is C24H15BrClNO5. The molecular weight excluding hydrogens is 498 g/mol. The zero-order valence-corrected chi connectivity index (χ0v) is 18.7. The van der Waals surface area contributed by atoms with E-state index in [4.69, 9.17) is 11.6 Å². The van der Waals surface area contributed by atoms with Crippen molar-refractivity contribution in [1.82, 2.24) is 0 Å². The van der Waals surface area contributed by atoms with Crippen molar-refractivity contribution < 1.29 is 24.6 Å². The van der Waals surface area contributed by atoms with Gasteiger partial charge in [-0.05, 0) is 60.2 Å². The molecule has 1 aliphatic heterocycles. The predicted octanol–water partition coefficient (Wildman–Crippen LogP) is 5.43. The van der Waals surface area contributed by atoms with Crippen molar-refractivity contribution in [2.45, 2.75) is 6.04 Å². The Bertz CT molecular complexity index is 1270. The number of carboxylic acid groups (broad SMARTS) is 1. The van der Waals surface area contributed by atoms with Gasteiger partial charge in [-0.25, -0.2) is 4.79 Å². The molecule has 3 aromatic rings. The van der Waals surface area contributed by atoms with Crippen LogP contribution in [-0.4, -0.2) is 27.9 Å². The van der Waals surface area contributed by atoms with Crippen LogP contribution in [0.15, 0.2) is 82.8 Å². The molecule has 3 aromatic carbocycles. The highest BCUT2D eigenvalue weighted by Crippen LogP contribution is 2.42. The van der Waals surface area contributed by atoms with E-state index >= 15 is 0 Å². The van der Waals surface area contributed by atoms with Crippen molar-refractivity contribution in [1.29, 1.82) is 0 Å². The van der Waals surface area contributed by atoms with Crippen molar-refractivity contribution in [3.05, 3.63) is 105 Å². The van der Waals surface area contributed by atoms with E-state index in [2.05, 4.69) is 15.9 Å². The SMILES string of the molecule is O=C1C(=O)N(c2cccc(C(=O)O)c2)[C@H](c2ccc(Br)cc2)/C1=C(\O)c1ccc(Cl)cc1. The monoisotopic (exact) mass is 511 g/mol. The van der Waals surface area contributed by atoms with Crippen LogP contribution in [0.4, 0.5) is 5.69 Å². The molecule has 6 nitrogen and oxygen atoms in total. The van der Waals surface area contributed by atoms with Crippen LogP contribution < -0.4 is 4.90 Å². The molecule has 2 N–H and O–H groups in total. The molecule has 1 atom stereocenters. The van der Waals surface area contributed by atoms with Crippen LogP contribution in [0.25, 0.3) is 5.76 Å². The lowest BCUT2D eigenvalue weighted by Gasteiger charge is -2.25. The Morgan fingerprint density at radius 3 is 2.19 bits per heavy atom.